The number of thiophene rings is 1. The largest absolute Gasteiger partial charge is 0.497 e. The second-order valence-electron chi connectivity index (χ2n) is 5.13. The molecule has 1 aromatic heterocycles. The standard InChI is InChI=1S/C18H25N3O2S.HI/c1-3-19-18(21-13-15-8-11-24-14-15)20-9-5-10-23-17-7-4-6-16(12-17)22-2;/h4,6-8,11-12,14H,3,5,9-10,13H2,1-2H3,(H2,19,20,21);1H. The first kappa shape index (κ1) is 21.6. The third kappa shape index (κ3) is 8.44. The van der Waals surface area contributed by atoms with E-state index in [4.69, 9.17) is 9.47 Å². The van der Waals surface area contributed by atoms with Crippen molar-refractivity contribution < 1.29 is 9.47 Å². The zero-order valence-electron chi connectivity index (χ0n) is 14.7. The van der Waals surface area contributed by atoms with Gasteiger partial charge in [0.25, 0.3) is 0 Å². The molecule has 0 bridgehead atoms. The molecule has 1 heterocycles. The van der Waals surface area contributed by atoms with Crippen LogP contribution in [0.4, 0.5) is 0 Å². The van der Waals surface area contributed by atoms with Gasteiger partial charge in [-0.25, -0.2) is 4.99 Å². The van der Waals surface area contributed by atoms with Crippen LogP contribution >= 0.6 is 35.3 Å². The second-order valence-corrected chi connectivity index (χ2v) is 5.91. The third-order valence-electron chi connectivity index (χ3n) is 3.27. The number of methoxy groups -OCH3 is 1. The van der Waals surface area contributed by atoms with Crippen LogP contribution < -0.4 is 20.1 Å². The fourth-order valence-corrected chi connectivity index (χ4v) is 2.71. The molecule has 0 aliphatic heterocycles. The topological polar surface area (TPSA) is 54.9 Å². The SMILES string of the molecule is CCNC(=NCc1ccsc1)NCCCOc1cccc(OC)c1.I. The summed E-state index contributed by atoms with van der Waals surface area (Å²) in [6, 6.07) is 9.75. The minimum Gasteiger partial charge on any atom is -0.497 e. The molecule has 0 saturated heterocycles. The van der Waals surface area contributed by atoms with E-state index in [1.165, 1.54) is 5.56 Å². The van der Waals surface area contributed by atoms with Crippen LogP contribution in [0, 0.1) is 0 Å². The van der Waals surface area contributed by atoms with E-state index in [-0.39, 0.29) is 24.0 Å². The van der Waals surface area contributed by atoms with Crippen LogP contribution in [-0.4, -0.2) is 32.8 Å². The van der Waals surface area contributed by atoms with E-state index in [1.807, 2.05) is 24.3 Å². The summed E-state index contributed by atoms with van der Waals surface area (Å²) < 4.78 is 10.9. The predicted octanol–water partition coefficient (Wildman–Crippen LogP) is 3.90. The molecule has 5 nitrogen and oxygen atoms in total. The van der Waals surface area contributed by atoms with Gasteiger partial charge in [-0.2, -0.15) is 11.3 Å². The van der Waals surface area contributed by atoms with Gasteiger partial charge in [0.2, 0.25) is 0 Å². The molecule has 25 heavy (non-hydrogen) atoms. The van der Waals surface area contributed by atoms with Crippen LogP contribution in [0.3, 0.4) is 0 Å². The Bertz CT molecular complexity index is 621. The van der Waals surface area contributed by atoms with Crippen molar-refractivity contribution in [2.45, 2.75) is 19.9 Å². The molecule has 2 N–H and O–H groups in total. The maximum absolute atomic E-state index is 5.73. The minimum absolute atomic E-state index is 0. The Morgan fingerprint density at radius 2 is 2.04 bits per heavy atom. The summed E-state index contributed by atoms with van der Waals surface area (Å²) in [5, 5.41) is 10.8. The lowest BCUT2D eigenvalue weighted by Gasteiger charge is -2.12. The number of hydrogen-bond donors (Lipinski definition) is 2. The molecule has 7 heteroatoms. The molecule has 2 aromatic rings. The molecule has 2 rings (SSSR count). The molecule has 0 aliphatic rings. The summed E-state index contributed by atoms with van der Waals surface area (Å²) in [4.78, 5) is 4.58. The maximum atomic E-state index is 5.73. The summed E-state index contributed by atoms with van der Waals surface area (Å²) in [7, 11) is 1.65. The number of ether oxygens (including phenoxy) is 2. The molecular formula is C18H26IN3O2S. The van der Waals surface area contributed by atoms with Gasteiger partial charge in [-0.1, -0.05) is 6.07 Å². The van der Waals surface area contributed by atoms with Gasteiger partial charge < -0.3 is 20.1 Å². The van der Waals surface area contributed by atoms with Gasteiger partial charge in [0.15, 0.2) is 5.96 Å². The molecule has 0 unspecified atom stereocenters. The Morgan fingerprint density at radius 1 is 1.20 bits per heavy atom. The molecule has 1 aromatic carbocycles. The van der Waals surface area contributed by atoms with Gasteiger partial charge in [-0.15, -0.1) is 24.0 Å². The highest BCUT2D eigenvalue weighted by atomic mass is 127. The predicted molar refractivity (Wildman–Crippen MR) is 116 cm³/mol. The molecule has 0 atom stereocenters. The van der Waals surface area contributed by atoms with Crippen LogP contribution in [0.15, 0.2) is 46.1 Å². The number of nitrogens with zero attached hydrogens (tertiary/aromatic N) is 1. The first-order valence-corrected chi connectivity index (χ1v) is 9.06. The highest BCUT2D eigenvalue weighted by Gasteiger charge is 1.99. The fraction of sp³-hybridized carbons (Fsp3) is 0.389. The van der Waals surface area contributed by atoms with Crippen molar-refractivity contribution in [3.8, 4) is 11.5 Å². The maximum Gasteiger partial charge on any atom is 0.191 e. The Labute approximate surface area is 170 Å². The first-order valence-electron chi connectivity index (χ1n) is 8.12. The summed E-state index contributed by atoms with van der Waals surface area (Å²) in [6.45, 7) is 5.05. The lowest BCUT2D eigenvalue weighted by atomic mass is 10.3. The Kier molecular flexibility index (Phi) is 11.1. The Morgan fingerprint density at radius 3 is 2.76 bits per heavy atom. The number of aliphatic imine (C=N–C) groups is 1. The highest BCUT2D eigenvalue weighted by molar-refractivity contribution is 14.0. The molecule has 0 fully saturated rings. The number of rotatable bonds is 9. The van der Waals surface area contributed by atoms with E-state index in [0.29, 0.717) is 13.2 Å². The van der Waals surface area contributed by atoms with Crippen molar-refractivity contribution in [1.82, 2.24) is 10.6 Å². The van der Waals surface area contributed by atoms with Crippen LogP contribution in [0.2, 0.25) is 0 Å². The van der Waals surface area contributed by atoms with Crippen molar-refractivity contribution in [2.75, 3.05) is 26.8 Å². The number of halogens is 1. The summed E-state index contributed by atoms with van der Waals surface area (Å²) in [6.07, 6.45) is 0.889. The van der Waals surface area contributed by atoms with Crippen LogP contribution in [0.25, 0.3) is 0 Å². The number of guanidine groups is 1. The van der Waals surface area contributed by atoms with E-state index < -0.39 is 0 Å². The van der Waals surface area contributed by atoms with Crippen LogP contribution in [0.5, 0.6) is 11.5 Å². The molecule has 0 saturated carbocycles. The lowest BCUT2D eigenvalue weighted by molar-refractivity contribution is 0.308. The summed E-state index contributed by atoms with van der Waals surface area (Å²) in [5.41, 5.74) is 1.23. The van der Waals surface area contributed by atoms with Gasteiger partial charge in [0.05, 0.1) is 20.3 Å². The molecule has 0 radical (unpaired) electrons. The normalized spacial score (nSPS) is 10.7. The molecular weight excluding hydrogens is 449 g/mol. The third-order valence-corrected chi connectivity index (χ3v) is 4.00. The number of hydrogen-bond acceptors (Lipinski definition) is 4. The molecule has 138 valence electrons. The van der Waals surface area contributed by atoms with Gasteiger partial charge >= 0.3 is 0 Å². The van der Waals surface area contributed by atoms with Crippen LogP contribution in [-0.2, 0) is 6.54 Å². The molecule has 0 amide bonds. The van der Waals surface area contributed by atoms with Crippen molar-refractivity contribution in [3.63, 3.8) is 0 Å². The zero-order chi connectivity index (χ0) is 17.0. The van der Waals surface area contributed by atoms with Gasteiger partial charge in [-0.05, 0) is 47.9 Å². The van der Waals surface area contributed by atoms with Crippen molar-refractivity contribution >= 4 is 41.3 Å². The smallest absolute Gasteiger partial charge is 0.191 e. The van der Waals surface area contributed by atoms with Gasteiger partial charge in [0.1, 0.15) is 11.5 Å². The van der Waals surface area contributed by atoms with Gasteiger partial charge in [0, 0.05) is 19.2 Å². The summed E-state index contributed by atoms with van der Waals surface area (Å²) in [5.74, 6) is 2.47. The van der Waals surface area contributed by atoms with E-state index in [0.717, 1.165) is 37.0 Å². The van der Waals surface area contributed by atoms with E-state index in [2.05, 4.69) is 39.4 Å². The molecule has 0 spiro atoms. The Hall–Kier alpha value is -1.48. The van der Waals surface area contributed by atoms with E-state index >= 15 is 0 Å². The molecule has 0 aliphatic carbocycles. The zero-order valence-corrected chi connectivity index (χ0v) is 17.8. The number of nitrogens with one attached hydrogen (secondary N) is 2. The van der Waals surface area contributed by atoms with Crippen LogP contribution in [0.1, 0.15) is 18.9 Å². The monoisotopic (exact) mass is 475 g/mol. The Balaban J connectivity index is 0.00000312. The van der Waals surface area contributed by atoms with E-state index in [1.54, 1.807) is 18.4 Å². The second kappa shape index (κ2) is 12.8. The highest BCUT2D eigenvalue weighted by Crippen LogP contribution is 2.18. The minimum atomic E-state index is 0. The van der Waals surface area contributed by atoms with Gasteiger partial charge in [-0.3, -0.25) is 0 Å². The van der Waals surface area contributed by atoms with Crippen molar-refractivity contribution in [3.05, 3.63) is 46.7 Å². The van der Waals surface area contributed by atoms with Crippen molar-refractivity contribution in [2.24, 2.45) is 4.99 Å². The number of benzene rings is 1. The quantitative estimate of drug-likeness (QED) is 0.250. The average Bonchev–Trinajstić information content (AvgIpc) is 3.13. The average molecular weight is 475 g/mol. The van der Waals surface area contributed by atoms with Crippen molar-refractivity contribution in [1.29, 1.82) is 0 Å². The fourth-order valence-electron chi connectivity index (χ4n) is 2.05. The van der Waals surface area contributed by atoms with E-state index in [9.17, 15) is 0 Å². The summed E-state index contributed by atoms with van der Waals surface area (Å²) >= 11 is 1.69. The lowest BCUT2D eigenvalue weighted by Crippen LogP contribution is -2.38. The first-order chi connectivity index (χ1) is 11.8.